The molecule has 1 heterocycles. The first-order chi connectivity index (χ1) is 10.0. The van der Waals surface area contributed by atoms with Gasteiger partial charge in [-0.3, -0.25) is 9.48 Å². The number of nitrogens with zero attached hydrogens (tertiary/aromatic N) is 2. The van der Waals surface area contributed by atoms with Crippen molar-refractivity contribution in [2.24, 2.45) is 7.05 Å². The lowest BCUT2D eigenvalue weighted by Gasteiger charge is -2.09. The number of benzene rings is 1. The topological polar surface area (TPSA) is 56.2 Å². The van der Waals surface area contributed by atoms with Crippen LogP contribution in [-0.4, -0.2) is 22.3 Å². The van der Waals surface area contributed by atoms with E-state index in [0.717, 1.165) is 29.1 Å². The number of amides is 1. The van der Waals surface area contributed by atoms with Gasteiger partial charge in [0.1, 0.15) is 11.6 Å². The Kier molecular flexibility index (Phi) is 4.62. The molecule has 1 amide bonds. The Morgan fingerprint density at radius 2 is 1.95 bits per heavy atom. The second-order valence-corrected chi connectivity index (χ2v) is 5.04. The predicted molar refractivity (Wildman–Crippen MR) is 82.6 cm³/mol. The number of carbonyl (C=O) groups excluding carboxylic acids is 1. The third-order valence-electron chi connectivity index (χ3n) is 3.35. The number of aromatic nitrogens is 2. The number of nitrogens with one attached hydrogen (secondary N) is 1. The number of hydrogen-bond acceptors (Lipinski definition) is 3. The van der Waals surface area contributed by atoms with Crippen molar-refractivity contribution in [3.8, 4) is 5.75 Å². The molecule has 0 atom stereocenters. The van der Waals surface area contributed by atoms with Gasteiger partial charge in [0.05, 0.1) is 5.69 Å². The molecule has 5 nitrogen and oxygen atoms in total. The van der Waals surface area contributed by atoms with Crippen LogP contribution in [0.15, 0.2) is 24.3 Å². The monoisotopic (exact) mass is 287 g/mol. The minimum absolute atomic E-state index is 0.0174. The van der Waals surface area contributed by atoms with Gasteiger partial charge >= 0.3 is 0 Å². The van der Waals surface area contributed by atoms with Crippen LogP contribution in [-0.2, 0) is 18.3 Å². The molecule has 0 aliphatic carbocycles. The van der Waals surface area contributed by atoms with E-state index in [1.165, 1.54) is 0 Å². The van der Waals surface area contributed by atoms with Crippen LogP contribution >= 0.6 is 0 Å². The molecule has 0 radical (unpaired) electrons. The summed E-state index contributed by atoms with van der Waals surface area (Å²) >= 11 is 0. The van der Waals surface area contributed by atoms with E-state index in [1.807, 2.05) is 52.1 Å². The highest BCUT2D eigenvalue weighted by molar-refractivity contribution is 5.91. The molecule has 1 N–H and O–H groups in total. The zero-order valence-electron chi connectivity index (χ0n) is 12.9. The van der Waals surface area contributed by atoms with Crippen LogP contribution in [0.3, 0.4) is 0 Å². The van der Waals surface area contributed by atoms with Crippen molar-refractivity contribution in [1.29, 1.82) is 0 Å². The Bertz CT molecular complexity index is 630. The first-order valence-electron chi connectivity index (χ1n) is 7.03. The van der Waals surface area contributed by atoms with E-state index in [1.54, 1.807) is 4.68 Å². The molecule has 0 aliphatic rings. The van der Waals surface area contributed by atoms with E-state index in [-0.39, 0.29) is 12.5 Å². The fourth-order valence-electron chi connectivity index (χ4n) is 2.23. The highest BCUT2D eigenvalue weighted by Crippen LogP contribution is 2.19. The minimum atomic E-state index is -0.187. The first kappa shape index (κ1) is 15.1. The zero-order valence-corrected chi connectivity index (χ0v) is 12.9. The van der Waals surface area contributed by atoms with E-state index in [2.05, 4.69) is 10.4 Å². The molecule has 0 bridgehead atoms. The molecule has 2 aromatic rings. The SMILES string of the molecule is CCc1c(C)nn(C)c1NC(=O)COc1ccc(C)cc1. The fourth-order valence-corrected chi connectivity index (χ4v) is 2.23. The largest absolute Gasteiger partial charge is 0.484 e. The Hall–Kier alpha value is -2.30. The molecular weight excluding hydrogens is 266 g/mol. The van der Waals surface area contributed by atoms with Crippen LogP contribution in [0, 0.1) is 13.8 Å². The summed E-state index contributed by atoms with van der Waals surface area (Å²) in [6, 6.07) is 7.61. The molecule has 0 unspecified atom stereocenters. The van der Waals surface area contributed by atoms with Gasteiger partial charge in [-0.1, -0.05) is 24.6 Å². The summed E-state index contributed by atoms with van der Waals surface area (Å²) < 4.78 is 7.17. The van der Waals surface area contributed by atoms with Gasteiger partial charge in [-0.2, -0.15) is 5.10 Å². The summed E-state index contributed by atoms with van der Waals surface area (Å²) in [6.07, 6.45) is 0.827. The molecule has 1 aromatic heterocycles. The van der Waals surface area contributed by atoms with Crippen LogP contribution in [0.1, 0.15) is 23.7 Å². The van der Waals surface area contributed by atoms with Gasteiger partial charge in [0.25, 0.3) is 5.91 Å². The van der Waals surface area contributed by atoms with Crippen LogP contribution in [0.4, 0.5) is 5.82 Å². The van der Waals surface area contributed by atoms with Crippen LogP contribution in [0.2, 0.25) is 0 Å². The van der Waals surface area contributed by atoms with Gasteiger partial charge in [-0.05, 0) is 32.4 Å². The zero-order chi connectivity index (χ0) is 15.4. The Labute approximate surface area is 124 Å². The summed E-state index contributed by atoms with van der Waals surface area (Å²) in [6.45, 7) is 5.98. The van der Waals surface area contributed by atoms with Crippen molar-refractivity contribution < 1.29 is 9.53 Å². The Morgan fingerprint density at radius 3 is 2.57 bits per heavy atom. The van der Waals surface area contributed by atoms with E-state index in [4.69, 9.17) is 4.74 Å². The fraction of sp³-hybridized carbons (Fsp3) is 0.375. The average Bonchev–Trinajstić information content (AvgIpc) is 2.72. The summed E-state index contributed by atoms with van der Waals surface area (Å²) in [4.78, 5) is 12.0. The second kappa shape index (κ2) is 6.43. The van der Waals surface area contributed by atoms with Crippen molar-refractivity contribution >= 4 is 11.7 Å². The van der Waals surface area contributed by atoms with Crippen molar-refractivity contribution in [1.82, 2.24) is 9.78 Å². The summed E-state index contributed by atoms with van der Waals surface area (Å²) in [5.41, 5.74) is 3.15. The lowest BCUT2D eigenvalue weighted by Crippen LogP contribution is -2.22. The highest BCUT2D eigenvalue weighted by Gasteiger charge is 2.14. The molecule has 112 valence electrons. The lowest BCUT2D eigenvalue weighted by molar-refractivity contribution is -0.118. The molecule has 1 aromatic carbocycles. The number of hydrogen-bond donors (Lipinski definition) is 1. The third-order valence-corrected chi connectivity index (χ3v) is 3.35. The molecule has 21 heavy (non-hydrogen) atoms. The van der Waals surface area contributed by atoms with Crippen molar-refractivity contribution in [2.75, 3.05) is 11.9 Å². The minimum Gasteiger partial charge on any atom is -0.484 e. The number of carbonyl (C=O) groups is 1. The van der Waals surface area contributed by atoms with Gasteiger partial charge in [-0.15, -0.1) is 0 Å². The number of aryl methyl sites for hydroxylation is 3. The molecule has 5 heteroatoms. The quantitative estimate of drug-likeness (QED) is 0.919. The van der Waals surface area contributed by atoms with Crippen molar-refractivity contribution in [3.05, 3.63) is 41.1 Å². The molecule has 0 spiro atoms. The van der Waals surface area contributed by atoms with Crippen molar-refractivity contribution in [3.63, 3.8) is 0 Å². The predicted octanol–water partition coefficient (Wildman–Crippen LogP) is 2.62. The van der Waals surface area contributed by atoms with E-state index >= 15 is 0 Å². The normalized spacial score (nSPS) is 10.5. The molecule has 0 fully saturated rings. The highest BCUT2D eigenvalue weighted by atomic mass is 16.5. The number of ether oxygens (including phenoxy) is 1. The van der Waals surface area contributed by atoms with Crippen LogP contribution in [0.5, 0.6) is 5.75 Å². The summed E-state index contributed by atoms with van der Waals surface area (Å²) in [5, 5.41) is 7.19. The lowest BCUT2D eigenvalue weighted by atomic mass is 10.2. The van der Waals surface area contributed by atoms with Gasteiger partial charge in [0.2, 0.25) is 0 Å². The molecule has 0 saturated carbocycles. The molecule has 0 saturated heterocycles. The smallest absolute Gasteiger partial charge is 0.263 e. The first-order valence-corrected chi connectivity index (χ1v) is 7.03. The average molecular weight is 287 g/mol. The molecule has 0 aliphatic heterocycles. The number of anilines is 1. The van der Waals surface area contributed by atoms with E-state index in [9.17, 15) is 4.79 Å². The van der Waals surface area contributed by atoms with Crippen LogP contribution in [0.25, 0.3) is 0 Å². The van der Waals surface area contributed by atoms with Gasteiger partial charge < -0.3 is 10.1 Å². The maximum Gasteiger partial charge on any atom is 0.263 e. The standard InChI is InChI=1S/C16H21N3O2/c1-5-14-12(3)18-19(4)16(14)17-15(20)10-21-13-8-6-11(2)7-9-13/h6-9H,5,10H2,1-4H3,(H,17,20). The van der Waals surface area contributed by atoms with Crippen LogP contribution < -0.4 is 10.1 Å². The number of rotatable bonds is 5. The van der Waals surface area contributed by atoms with Crippen molar-refractivity contribution in [2.45, 2.75) is 27.2 Å². The van der Waals surface area contributed by atoms with Gasteiger partial charge in [0.15, 0.2) is 6.61 Å². The molecule has 2 rings (SSSR count). The summed E-state index contributed by atoms with van der Waals surface area (Å²) in [5.74, 6) is 1.24. The van der Waals surface area contributed by atoms with Gasteiger partial charge in [0, 0.05) is 12.6 Å². The Morgan fingerprint density at radius 1 is 1.29 bits per heavy atom. The maximum absolute atomic E-state index is 12.0. The maximum atomic E-state index is 12.0. The Balaban J connectivity index is 1.97. The van der Waals surface area contributed by atoms with E-state index < -0.39 is 0 Å². The third kappa shape index (κ3) is 3.62. The van der Waals surface area contributed by atoms with Gasteiger partial charge in [-0.25, -0.2) is 0 Å². The summed E-state index contributed by atoms with van der Waals surface area (Å²) in [7, 11) is 1.82. The molecular formula is C16H21N3O2. The van der Waals surface area contributed by atoms with E-state index in [0.29, 0.717) is 5.75 Å². The second-order valence-electron chi connectivity index (χ2n) is 5.04.